The predicted octanol–water partition coefficient (Wildman–Crippen LogP) is 4.85. The van der Waals surface area contributed by atoms with E-state index < -0.39 is 5.60 Å². The van der Waals surface area contributed by atoms with Crippen molar-refractivity contribution in [2.24, 2.45) is 5.11 Å². The zero-order valence-electron chi connectivity index (χ0n) is 12.0. The Bertz CT molecular complexity index is 759. The van der Waals surface area contributed by atoms with Crippen LogP contribution in [0.25, 0.3) is 21.6 Å². The number of azide groups is 1. The lowest BCUT2D eigenvalue weighted by Crippen LogP contribution is -2.44. The number of ether oxygens (including phenoxy) is 2. The number of hydrogen-bond acceptors (Lipinski definition) is 3. The third-order valence-corrected chi connectivity index (χ3v) is 3.82. The highest BCUT2D eigenvalue weighted by molar-refractivity contribution is 6.33. The van der Waals surface area contributed by atoms with Crippen molar-refractivity contribution in [2.45, 2.75) is 12.5 Å². The molecule has 0 fully saturated rings. The Balaban J connectivity index is 2.06. The van der Waals surface area contributed by atoms with Gasteiger partial charge in [0.15, 0.2) is 11.5 Å². The first-order valence-electron chi connectivity index (χ1n) is 6.83. The molecule has 3 rings (SSSR count). The lowest BCUT2D eigenvalue weighted by atomic mass is 10.0. The van der Waals surface area contributed by atoms with E-state index in [2.05, 4.69) is 10.0 Å². The predicted molar refractivity (Wildman–Crippen MR) is 85.4 cm³/mol. The van der Waals surface area contributed by atoms with Crippen molar-refractivity contribution in [1.82, 2.24) is 0 Å². The molecule has 2 aromatic rings. The minimum Gasteiger partial charge on any atom is -0.486 e. The Morgan fingerprint density at radius 1 is 1.23 bits per heavy atom. The van der Waals surface area contributed by atoms with E-state index in [1.807, 2.05) is 49.4 Å². The number of halogens is 1. The van der Waals surface area contributed by atoms with Crippen molar-refractivity contribution in [3.05, 3.63) is 57.9 Å². The van der Waals surface area contributed by atoms with Crippen molar-refractivity contribution in [3.8, 4) is 22.6 Å². The molecule has 112 valence electrons. The van der Waals surface area contributed by atoms with Crippen LogP contribution in [0.1, 0.15) is 6.92 Å². The highest BCUT2D eigenvalue weighted by atomic mass is 35.5. The molecule has 0 unspecified atom stereocenters. The summed E-state index contributed by atoms with van der Waals surface area (Å²) in [7, 11) is 0. The summed E-state index contributed by atoms with van der Waals surface area (Å²) < 4.78 is 11.9. The summed E-state index contributed by atoms with van der Waals surface area (Å²) in [6, 6.07) is 13.2. The standard InChI is InChI=1S/C16H14ClN3O2/c1-16(9-19-20-18)10-21-14-8-4-6-12(15(14)22-16)11-5-2-3-7-13(11)17/h2-8H,9-10H2,1H3/t16-/m0/s1. The van der Waals surface area contributed by atoms with Crippen LogP contribution in [0.15, 0.2) is 47.6 Å². The third-order valence-electron chi connectivity index (χ3n) is 3.49. The largest absolute Gasteiger partial charge is 0.486 e. The van der Waals surface area contributed by atoms with E-state index in [1.54, 1.807) is 0 Å². The molecule has 0 spiro atoms. The Hall–Kier alpha value is -2.36. The fourth-order valence-electron chi connectivity index (χ4n) is 2.39. The SMILES string of the molecule is C[C@]1(CN=[N+]=[N-])COc2cccc(-c3ccccc3Cl)c2O1. The average Bonchev–Trinajstić information content (AvgIpc) is 2.53. The second-order valence-electron chi connectivity index (χ2n) is 5.34. The Kier molecular flexibility index (Phi) is 3.84. The van der Waals surface area contributed by atoms with Crippen LogP contribution in [-0.2, 0) is 0 Å². The lowest BCUT2D eigenvalue weighted by Gasteiger charge is -2.35. The summed E-state index contributed by atoms with van der Waals surface area (Å²) >= 11 is 6.29. The van der Waals surface area contributed by atoms with Gasteiger partial charge in [-0.05, 0) is 24.6 Å². The molecule has 1 atom stereocenters. The van der Waals surface area contributed by atoms with E-state index in [9.17, 15) is 0 Å². The molecular formula is C16H14ClN3O2. The van der Waals surface area contributed by atoms with Gasteiger partial charge in [-0.25, -0.2) is 0 Å². The van der Waals surface area contributed by atoms with Gasteiger partial charge in [-0.2, -0.15) is 0 Å². The molecule has 1 aliphatic heterocycles. The van der Waals surface area contributed by atoms with Gasteiger partial charge >= 0.3 is 0 Å². The van der Waals surface area contributed by atoms with E-state index in [0.717, 1.165) is 11.1 Å². The zero-order valence-corrected chi connectivity index (χ0v) is 12.7. The smallest absolute Gasteiger partial charge is 0.170 e. The van der Waals surface area contributed by atoms with Crippen molar-refractivity contribution in [1.29, 1.82) is 0 Å². The summed E-state index contributed by atoms with van der Waals surface area (Å²) in [5, 5.41) is 4.25. The number of hydrogen-bond donors (Lipinski definition) is 0. The van der Waals surface area contributed by atoms with Crippen LogP contribution in [0.4, 0.5) is 0 Å². The summed E-state index contributed by atoms with van der Waals surface area (Å²) in [5.41, 5.74) is 9.55. The fourth-order valence-corrected chi connectivity index (χ4v) is 2.63. The molecule has 0 aromatic heterocycles. The molecule has 6 heteroatoms. The Morgan fingerprint density at radius 3 is 2.77 bits per heavy atom. The molecule has 0 radical (unpaired) electrons. The molecule has 1 heterocycles. The molecule has 0 saturated heterocycles. The topological polar surface area (TPSA) is 67.2 Å². The first kappa shape index (κ1) is 14.6. The molecule has 0 aliphatic carbocycles. The Morgan fingerprint density at radius 2 is 2.00 bits per heavy atom. The summed E-state index contributed by atoms with van der Waals surface area (Å²) in [4.78, 5) is 2.79. The lowest BCUT2D eigenvalue weighted by molar-refractivity contribution is 0.0142. The number of rotatable bonds is 3. The molecular weight excluding hydrogens is 302 g/mol. The van der Waals surface area contributed by atoms with Crippen LogP contribution in [0.3, 0.4) is 0 Å². The summed E-state index contributed by atoms with van der Waals surface area (Å²) in [5.74, 6) is 1.29. The number of para-hydroxylation sites is 1. The monoisotopic (exact) mass is 315 g/mol. The van der Waals surface area contributed by atoms with Gasteiger partial charge in [0, 0.05) is 21.1 Å². The first-order chi connectivity index (χ1) is 10.6. The van der Waals surface area contributed by atoms with Crippen LogP contribution in [0.2, 0.25) is 5.02 Å². The molecule has 0 amide bonds. The van der Waals surface area contributed by atoms with Crippen molar-refractivity contribution in [2.75, 3.05) is 13.2 Å². The van der Waals surface area contributed by atoms with Gasteiger partial charge in [0.1, 0.15) is 12.2 Å². The van der Waals surface area contributed by atoms with Gasteiger partial charge in [0.2, 0.25) is 0 Å². The molecule has 0 N–H and O–H groups in total. The van der Waals surface area contributed by atoms with E-state index in [4.69, 9.17) is 26.6 Å². The number of benzene rings is 2. The Labute approximate surface area is 133 Å². The quantitative estimate of drug-likeness (QED) is 0.461. The highest BCUT2D eigenvalue weighted by Crippen LogP contribution is 2.44. The van der Waals surface area contributed by atoms with Gasteiger partial charge in [-0.3, -0.25) is 0 Å². The second-order valence-corrected chi connectivity index (χ2v) is 5.75. The van der Waals surface area contributed by atoms with Crippen molar-refractivity contribution >= 4 is 11.6 Å². The molecule has 2 aromatic carbocycles. The third kappa shape index (κ3) is 2.69. The van der Waals surface area contributed by atoms with E-state index in [1.165, 1.54) is 0 Å². The van der Waals surface area contributed by atoms with Gasteiger partial charge in [0.05, 0.1) is 6.54 Å². The molecule has 0 bridgehead atoms. The number of nitrogens with zero attached hydrogens (tertiary/aromatic N) is 3. The molecule has 1 aliphatic rings. The van der Waals surface area contributed by atoms with Crippen LogP contribution in [0, 0.1) is 0 Å². The van der Waals surface area contributed by atoms with Crippen LogP contribution in [0.5, 0.6) is 11.5 Å². The van der Waals surface area contributed by atoms with E-state index in [0.29, 0.717) is 23.1 Å². The minimum atomic E-state index is -0.698. The van der Waals surface area contributed by atoms with Gasteiger partial charge in [-0.15, -0.1) is 0 Å². The molecule has 5 nitrogen and oxygen atoms in total. The van der Waals surface area contributed by atoms with Gasteiger partial charge in [0.25, 0.3) is 0 Å². The normalized spacial score (nSPS) is 19.4. The van der Waals surface area contributed by atoms with Crippen LogP contribution >= 0.6 is 11.6 Å². The minimum absolute atomic E-state index is 0.194. The van der Waals surface area contributed by atoms with Crippen molar-refractivity contribution in [3.63, 3.8) is 0 Å². The number of fused-ring (bicyclic) bond motifs is 1. The van der Waals surface area contributed by atoms with E-state index >= 15 is 0 Å². The maximum atomic E-state index is 8.52. The second kappa shape index (κ2) is 5.79. The summed E-state index contributed by atoms with van der Waals surface area (Å²) in [6.45, 7) is 2.37. The average molecular weight is 316 g/mol. The molecule has 22 heavy (non-hydrogen) atoms. The zero-order chi connectivity index (χ0) is 15.6. The van der Waals surface area contributed by atoms with Crippen LogP contribution < -0.4 is 9.47 Å². The van der Waals surface area contributed by atoms with Gasteiger partial charge < -0.3 is 9.47 Å². The maximum Gasteiger partial charge on any atom is 0.170 e. The van der Waals surface area contributed by atoms with Crippen molar-refractivity contribution < 1.29 is 9.47 Å². The molecule has 0 saturated carbocycles. The van der Waals surface area contributed by atoms with Gasteiger partial charge in [-0.1, -0.05) is 47.0 Å². The van der Waals surface area contributed by atoms with Crippen LogP contribution in [-0.4, -0.2) is 18.8 Å². The fraction of sp³-hybridized carbons (Fsp3) is 0.250. The van der Waals surface area contributed by atoms with E-state index in [-0.39, 0.29) is 6.54 Å². The first-order valence-corrected chi connectivity index (χ1v) is 7.21. The highest BCUT2D eigenvalue weighted by Gasteiger charge is 2.34. The maximum absolute atomic E-state index is 8.52. The summed E-state index contributed by atoms with van der Waals surface area (Å²) in [6.07, 6.45) is 0.